The lowest BCUT2D eigenvalue weighted by Crippen LogP contribution is -2.30. The zero-order valence-electron chi connectivity index (χ0n) is 38.3. The predicted octanol–water partition coefficient (Wildman–Crippen LogP) is 15.8. The molecule has 1 atom stereocenters. The minimum Gasteiger partial charge on any atom is -0.462 e. The highest BCUT2D eigenvalue weighted by Crippen LogP contribution is 2.17. The molecule has 0 fully saturated rings. The van der Waals surface area contributed by atoms with E-state index >= 15 is 0 Å². The second-order valence-corrected chi connectivity index (χ2v) is 18.1. The third-order valence-electron chi connectivity index (χ3n) is 11.2. The lowest BCUT2D eigenvalue weighted by atomic mass is 10.0. The van der Waals surface area contributed by atoms with Gasteiger partial charge in [0.2, 0.25) is 0 Å². The molecule has 0 amide bonds. The smallest absolute Gasteiger partial charge is 0.306 e. The highest BCUT2D eigenvalue weighted by molar-refractivity contribution is 5.71. The molecule has 56 heavy (non-hydrogen) atoms. The Morgan fingerprint density at radius 1 is 0.339 bits per heavy atom. The van der Waals surface area contributed by atoms with Crippen LogP contribution in [0.15, 0.2) is 0 Å². The molecule has 332 valence electrons. The van der Waals surface area contributed by atoms with E-state index in [4.69, 9.17) is 14.2 Å². The first-order valence-corrected chi connectivity index (χ1v) is 24.7. The summed E-state index contributed by atoms with van der Waals surface area (Å²) in [5.74, 6) is 0.774. The van der Waals surface area contributed by atoms with Gasteiger partial charge in [0, 0.05) is 19.3 Å². The Balaban J connectivity index is 4.26. The first kappa shape index (κ1) is 54.4. The minimum atomic E-state index is -0.760. The topological polar surface area (TPSA) is 78.9 Å². The molecule has 0 N–H and O–H groups in total. The quantitative estimate of drug-likeness (QED) is 0.0347. The number of rotatable bonds is 44. The number of carbonyl (C=O) groups is 3. The molecule has 0 rings (SSSR count). The zero-order valence-corrected chi connectivity index (χ0v) is 38.3. The summed E-state index contributed by atoms with van der Waals surface area (Å²) in [5.41, 5.74) is 0. The van der Waals surface area contributed by atoms with Crippen LogP contribution in [-0.2, 0) is 28.6 Å². The lowest BCUT2D eigenvalue weighted by Gasteiger charge is -2.18. The molecule has 0 bridgehead atoms. The molecule has 0 aromatic heterocycles. The van der Waals surface area contributed by atoms with Crippen molar-refractivity contribution in [1.82, 2.24) is 0 Å². The predicted molar refractivity (Wildman–Crippen MR) is 238 cm³/mol. The number of ether oxygens (including phenoxy) is 3. The molecule has 0 aliphatic heterocycles. The molecule has 0 aromatic rings. The Morgan fingerprint density at radius 3 is 0.875 bits per heavy atom. The van der Waals surface area contributed by atoms with Crippen molar-refractivity contribution >= 4 is 17.9 Å². The molecule has 0 spiro atoms. The SMILES string of the molecule is CCCCCCCCCCCCC(=O)OC[C@@H](COC(=O)CCCCCCCCCC(C)C)OC(=O)CCCCCCCCCCCCCCCCCC(C)C. The second-order valence-electron chi connectivity index (χ2n) is 18.1. The zero-order chi connectivity index (χ0) is 41.2. The second kappa shape index (κ2) is 43.0. The Labute approximate surface area is 348 Å². The van der Waals surface area contributed by atoms with Crippen LogP contribution in [-0.4, -0.2) is 37.2 Å². The maximum atomic E-state index is 12.8. The number of esters is 3. The van der Waals surface area contributed by atoms with E-state index in [2.05, 4.69) is 34.6 Å². The molecule has 0 aliphatic carbocycles. The van der Waals surface area contributed by atoms with Crippen LogP contribution in [0.1, 0.15) is 272 Å². The van der Waals surface area contributed by atoms with Crippen molar-refractivity contribution < 1.29 is 28.6 Å². The average molecular weight is 793 g/mol. The highest BCUT2D eigenvalue weighted by Gasteiger charge is 2.19. The van der Waals surface area contributed by atoms with Crippen LogP contribution in [0, 0.1) is 11.8 Å². The van der Waals surface area contributed by atoms with Gasteiger partial charge in [0.25, 0.3) is 0 Å². The maximum absolute atomic E-state index is 12.8. The molecule has 0 saturated heterocycles. The minimum absolute atomic E-state index is 0.0646. The van der Waals surface area contributed by atoms with Gasteiger partial charge in [0.15, 0.2) is 6.10 Å². The summed E-state index contributed by atoms with van der Waals surface area (Å²) < 4.78 is 16.7. The Bertz CT molecular complexity index is 854. The van der Waals surface area contributed by atoms with E-state index < -0.39 is 6.10 Å². The van der Waals surface area contributed by atoms with Gasteiger partial charge in [-0.15, -0.1) is 0 Å². The van der Waals surface area contributed by atoms with Crippen molar-refractivity contribution in [2.24, 2.45) is 11.8 Å². The number of hydrogen-bond donors (Lipinski definition) is 0. The molecular formula is C50H96O6. The summed E-state index contributed by atoms with van der Waals surface area (Å²) in [6.07, 6.45) is 42.4. The molecule has 6 nitrogen and oxygen atoms in total. The van der Waals surface area contributed by atoms with Gasteiger partial charge in [0.1, 0.15) is 13.2 Å². The molecule has 6 heteroatoms. The van der Waals surface area contributed by atoms with Gasteiger partial charge in [-0.3, -0.25) is 14.4 Å². The average Bonchev–Trinajstić information content (AvgIpc) is 3.16. The van der Waals surface area contributed by atoms with E-state index in [9.17, 15) is 14.4 Å². The van der Waals surface area contributed by atoms with Crippen LogP contribution >= 0.6 is 0 Å². The van der Waals surface area contributed by atoms with Crippen LogP contribution in [0.2, 0.25) is 0 Å². The van der Waals surface area contributed by atoms with Crippen LogP contribution in [0.4, 0.5) is 0 Å². The number of unbranched alkanes of at least 4 members (excludes halogenated alkanes) is 29. The van der Waals surface area contributed by atoms with Crippen molar-refractivity contribution in [3.05, 3.63) is 0 Å². The van der Waals surface area contributed by atoms with E-state index in [-0.39, 0.29) is 31.1 Å². The van der Waals surface area contributed by atoms with Crippen molar-refractivity contribution in [3.8, 4) is 0 Å². The lowest BCUT2D eigenvalue weighted by molar-refractivity contribution is -0.167. The van der Waals surface area contributed by atoms with Gasteiger partial charge in [0.05, 0.1) is 0 Å². The van der Waals surface area contributed by atoms with Gasteiger partial charge in [-0.1, -0.05) is 234 Å². The van der Waals surface area contributed by atoms with Gasteiger partial charge >= 0.3 is 17.9 Å². The standard InChI is InChI=1S/C50H96O6/c1-6-7-8-9-10-11-20-25-30-35-40-48(51)54-43-47(44-55-49(52)41-36-31-27-22-24-29-34-39-46(4)5)56-50(53)42-37-32-26-21-18-16-14-12-13-15-17-19-23-28-33-38-45(2)3/h45-47H,6-44H2,1-5H3/t47-/m0/s1. The van der Waals surface area contributed by atoms with Crippen molar-refractivity contribution in [3.63, 3.8) is 0 Å². The fourth-order valence-electron chi connectivity index (χ4n) is 7.46. The summed E-state index contributed by atoms with van der Waals surface area (Å²) in [4.78, 5) is 37.8. The first-order chi connectivity index (χ1) is 27.2. The molecule has 0 radical (unpaired) electrons. The third kappa shape index (κ3) is 43.5. The molecule has 0 aromatic carbocycles. The van der Waals surface area contributed by atoms with Crippen molar-refractivity contribution in [2.45, 2.75) is 278 Å². The molecule has 0 aliphatic rings. The highest BCUT2D eigenvalue weighted by atomic mass is 16.6. The number of carbonyl (C=O) groups excluding carboxylic acids is 3. The third-order valence-corrected chi connectivity index (χ3v) is 11.2. The van der Waals surface area contributed by atoms with Crippen LogP contribution in [0.25, 0.3) is 0 Å². The van der Waals surface area contributed by atoms with E-state index in [1.54, 1.807) is 0 Å². The van der Waals surface area contributed by atoms with Gasteiger partial charge in [-0.2, -0.15) is 0 Å². The summed E-state index contributed by atoms with van der Waals surface area (Å²) >= 11 is 0. The monoisotopic (exact) mass is 793 g/mol. The summed E-state index contributed by atoms with van der Waals surface area (Å²) in [5, 5.41) is 0. The van der Waals surface area contributed by atoms with Gasteiger partial charge in [-0.05, 0) is 31.1 Å². The largest absolute Gasteiger partial charge is 0.462 e. The Morgan fingerprint density at radius 2 is 0.589 bits per heavy atom. The molecular weight excluding hydrogens is 697 g/mol. The van der Waals surface area contributed by atoms with E-state index in [0.717, 1.165) is 69.6 Å². The van der Waals surface area contributed by atoms with E-state index in [0.29, 0.717) is 19.3 Å². The van der Waals surface area contributed by atoms with E-state index in [1.165, 1.54) is 161 Å². The summed E-state index contributed by atoms with van der Waals surface area (Å²) in [6, 6.07) is 0. The maximum Gasteiger partial charge on any atom is 0.306 e. The van der Waals surface area contributed by atoms with Crippen LogP contribution in [0.5, 0.6) is 0 Å². The summed E-state index contributed by atoms with van der Waals surface area (Å²) in [6.45, 7) is 11.3. The van der Waals surface area contributed by atoms with Crippen LogP contribution in [0.3, 0.4) is 0 Å². The first-order valence-electron chi connectivity index (χ1n) is 24.7. The summed E-state index contributed by atoms with van der Waals surface area (Å²) in [7, 11) is 0. The molecule has 0 saturated carbocycles. The number of hydrogen-bond acceptors (Lipinski definition) is 6. The van der Waals surface area contributed by atoms with Gasteiger partial charge in [-0.25, -0.2) is 0 Å². The Hall–Kier alpha value is -1.59. The van der Waals surface area contributed by atoms with Crippen molar-refractivity contribution in [2.75, 3.05) is 13.2 Å². The van der Waals surface area contributed by atoms with Crippen molar-refractivity contribution in [1.29, 1.82) is 0 Å². The van der Waals surface area contributed by atoms with Gasteiger partial charge < -0.3 is 14.2 Å². The van der Waals surface area contributed by atoms with E-state index in [1.807, 2.05) is 0 Å². The Kier molecular flexibility index (Phi) is 41.8. The molecule has 0 heterocycles. The normalized spacial score (nSPS) is 12.1. The van der Waals surface area contributed by atoms with Crippen LogP contribution < -0.4 is 0 Å². The fourth-order valence-corrected chi connectivity index (χ4v) is 7.46. The fraction of sp³-hybridized carbons (Fsp3) is 0.940. The molecule has 0 unspecified atom stereocenters.